The van der Waals surface area contributed by atoms with Gasteiger partial charge in [0.05, 0.1) is 30.0 Å². The number of ether oxygens (including phenoxy) is 2. The van der Waals surface area contributed by atoms with E-state index in [0.717, 1.165) is 11.0 Å². The first-order valence-electron chi connectivity index (χ1n) is 11.7. The van der Waals surface area contributed by atoms with E-state index >= 15 is 0 Å². The van der Waals surface area contributed by atoms with Crippen molar-refractivity contribution in [1.29, 1.82) is 0 Å². The number of nitrogens with zero attached hydrogens (tertiary/aromatic N) is 1. The molecule has 14 heteroatoms. The average molecular weight is 619 g/mol. The van der Waals surface area contributed by atoms with Gasteiger partial charge in [-0.3, -0.25) is 14.9 Å². The number of amides is 4. The number of halogens is 2. The first kappa shape index (κ1) is 29.6. The van der Waals surface area contributed by atoms with Gasteiger partial charge in [0, 0.05) is 5.02 Å². The first-order chi connectivity index (χ1) is 19.4. The molecule has 0 radical (unpaired) electrons. The molecule has 0 unspecified atom stereocenters. The SMILES string of the molecule is CCOc1cc(/C=C2\C(=O)NC(=O)N(c3ccc(C(=O)OC)cc3)C2=O)cc(Cl)c1OS(=O)(=O)c1ccc(Cl)cc1. The summed E-state index contributed by atoms with van der Waals surface area (Å²) in [5.41, 5.74) is 0.0142. The molecule has 41 heavy (non-hydrogen) atoms. The summed E-state index contributed by atoms with van der Waals surface area (Å²) in [6.07, 6.45) is 1.16. The van der Waals surface area contributed by atoms with Crippen molar-refractivity contribution in [3.63, 3.8) is 0 Å². The van der Waals surface area contributed by atoms with Gasteiger partial charge in [0.25, 0.3) is 11.8 Å². The molecule has 0 spiro atoms. The second-order valence-corrected chi connectivity index (χ2v) is 10.6. The van der Waals surface area contributed by atoms with Crippen LogP contribution in [0.2, 0.25) is 10.0 Å². The van der Waals surface area contributed by atoms with E-state index in [1.807, 2.05) is 0 Å². The highest BCUT2D eigenvalue weighted by molar-refractivity contribution is 7.87. The number of carbonyl (C=O) groups excluding carboxylic acids is 4. The molecule has 1 fully saturated rings. The van der Waals surface area contributed by atoms with Gasteiger partial charge in [-0.1, -0.05) is 23.2 Å². The lowest BCUT2D eigenvalue weighted by atomic mass is 10.1. The molecule has 11 nitrogen and oxygen atoms in total. The Labute approximate surface area is 244 Å². The maximum atomic E-state index is 13.3. The Morgan fingerprint density at radius 3 is 2.27 bits per heavy atom. The van der Waals surface area contributed by atoms with Crippen LogP contribution in [0.25, 0.3) is 6.08 Å². The number of hydrogen-bond acceptors (Lipinski definition) is 9. The molecular formula is C27H20Cl2N2O9S. The third-order valence-electron chi connectivity index (χ3n) is 5.59. The second kappa shape index (κ2) is 12.0. The van der Waals surface area contributed by atoms with E-state index in [-0.39, 0.29) is 44.8 Å². The molecule has 1 N–H and O–H groups in total. The van der Waals surface area contributed by atoms with Gasteiger partial charge in [0.2, 0.25) is 5.75 Å². The number of imide groups is 2. The zero-order valence-corrected chi connectivity index (χ0v) is 23.7. The van der Waals surface area contributed by atoms with E-state index in [1.54, 1.807) is 6.92 Å². The lowest BCUT2D eigenvalue weighted by Crippen LogP contribution is -2.54. The Balaban J connectivity index is 1.69. The van der Waals surface area contributed by atoms with Crippen LogP contribution in [0.4, 0.5) is 10.5 Å². The minimum absolute atomic E-state index is 0.0839. The van der Waals surface area contributed by atoms with E-state index in [0.29, 0.717) is 5.02 Å². The Hall–Kier alpha value is -4.39. The maximum Gasteiger partial charge on any atom is 0.339 e. The molecule has 4 rings (SSSR count). The molecule has 212 valence electrons. The molecule has 0 bridgehead atoms. The summed E-state index contributed by atoms with van der Waals surface area (Å²) in [6.45, 7) is 1.74. The van der Waals surface area contributed by atoms with Crippen LogP contribution in [0, 0.1) is 0 Å². The molecule has 3 aromatic rings. The largest absolute Gasteiger partial charge is 0.490 e. The molecule has 1 heterocycles. The number of esters is 1. The van der Waals surface area contributed by atoms with E-state index in [2.05, 4.69) is 10.1 Å². The molecule has 0 saturated carbocycles. The fraction of sp³-hybridized carbons (Fsp3) is 0.111. The highest BCUT2D eigenvalue weighted by Crippen LogP contribution is 2.39. The first-order valence-corrected chi connectivity index (χ1v) is 13.9. The lowest BCUT2D eigenvalue weighted by Gasteiger charge is -2.26. The predicted molar refractivity (Wildman–Crippen MR) is 149 cm³/mol. The van der Waals surface area contributed by atoms with E-state index in [9.17, 15) is 27.6 Å². The summed E-state index contributed by atoms with van der Waals surface area (Å²) in [4.78, 5) is 50.7. The van der Waals surface area contributed by atoms with Crippen molar-refractivity contribution in [1.82, 2.24) is 5.32 Å². The summed E-state index contributed by atoms with van der Waals surface area (Å²) in [5, 5.41) is 2.21. The van der Waals surface area contributed by atoms with Gasteiger partial charge in [-0.2, -0.15) is 8.42 Å². The van der Waals surface area contributed by atoms with Crippen LogP contribution in [0.3, 0.4) is 0 Å². The molecule has 1 aliphatic rings. The van der Waals surface area contributed by atoms with E-state index in [1.165, 1.54) is 67.8 Å². The molecule has 0 aromatic heterocycles. The van der Waals surface area contributed by atoms with Crippen molar-refractivity contribution in [2.24, 2.45) is 0 Å². The zero-order chi connectivity index (χ0) is 29.9. The van der Waals surface area contributed by atoms with Crippen molar-refractivity contribution in [2.45, 2.75) is 11.8 Å². The van der Waals surface area contributed by atoms with Crippen molar-refractivity contribution >= 4 is 68.9 Å². The Morgan fingerprint density at radius 2 is 1.66 bits per heavy atom. The highest BCUT2D eigenvalue weighted by atomic mass is 35.5. The molecular weight excluding hydrogens is 599 g/mol. The van der Waals surface area contributed by atoms with Gasteiger partial charge >= 0.3 is 22.1 Å². The van der Waals surface area contributed by atoms with Gasteiger partial charge in [0.15, 0.2) is 5.75 Å². The van der Waals surface area contributed by atoms with Gasteiger partial charge in [-0.25, -0.2) is 14.5 Å². The molecule has 0 atom stereocenters. The lowest BCUT2D eigenvalue weighted by molar-refractivity contribution is -0.122. The molecule has 1 saturated heterocycles. The molecule has 0 aliphatic carbocycles. The number of barbiturate groups is 1. The van der Waals surface area contributed by atoms with Gasteiger partial charge in [-0.15, -0.1) is 0 Å². The number of rotatable bonds is 8. The Morgan fingerprint density at radius 1 is 1.00 bits per heavy atom. The predicted octanol–water partition coefficient (Wildman–Crippen LogP) is 4.61. The standard InChI is InChI=1S/C27H20Cl2N2O9S/c1-3-39-22-14-15(13-21(29)23(22)40-41(36,37)19-10-6-17(28)7-11-19)12-20-24(32)30-27(35)31(25(20)33)18-8-4-16(5-9-18)26(34)38-2/h4-14H,3H2,1-2H3,(H,30,32,35)/b20-12+. The maximum absolute atomic E-state index is 13.3. The normalized spacial score (nSPS) is 14.6. The number of methoxy groups -OCH3 is 1. The molecule has 1 aliphatic heterocycles. The number of carbonyl (C=O) groups is 4. The van der Waals surface area contributed by atoms with Crippen LogP contribution in [0.1, 0.15) is 22.8 Å². The third kappa shape index (κ3) is 6.35. The van der Waals surface area contributed by atoms with E-state index < -0.39 is 39.5 Å². The molecule has 4 amide bonds. The fourth-order valence-electron chi connectivity index (χ4n) is 3.70. The summed E-state index contributed by atoms with van der Waals surface area (Å²) < 4.78 is 41.1. The average Bonchev–Trinajstić information content (AvgIpc) is 2.93. The van der Waals surface area contributed by atoms with Crippen molar-refractivity contribution < 1.29 is 41.3 Å². The summed E-state index contributed by atoms with van der Waals surface area (Å²) in [5.74, 6) is -2.93. The highest BCUT2D eigenvalue weighted by Gasteiger charge is 2.37. The summed E-state index contributed by atoms with van der Waals surface area (Å²) in [7, 11) is -3.13. The van der Waals surface area contributed by atoms with Crippen molar-refractivity contribution in [3.8, 4) is 11.5 Å². The second-order valence-electron chi connectivity index (χ2n) is 8.25. The number of anilines is 1. The molecule has 3 aromatic carbocycles. The van der Waals surface area contributed by atoms with Crippen molar-refractivity contribution in [3.05, 3.63) is 87.4 Å². The minimum atomic E-state index is -4.34. The quantitative estimate of drug-likeness (QED) is 0.165. The summed E-state index contributed by atoms with van der Waals surface area (Å²) in [6, 6.07) is 12.3. The number of benzene rings is 3. The van der Waals surface area contributed by atoms with Crippen LogP contribution in [0.15, 0.2) is 71.1 Å². The van der Waals surface area contributed by atoms with Crippen LogP contribution < -0.4 is 19.1 Å². The monoisotopic (exact) mass is 618 g/mol. The fourth-order valence-corrected chi connectivity index (χ4v) is 5.08. The number of nitrogens with one attached hydrogen (secondary N) is 1. The Bertz CT molecular complexity index is 1690. The van der Waals surface area contributed by atoms with Crippen LogP contribution >= 0.6 is 23.2 Å². The van der Waals surface area contributed by atoms with Gasteiger partial charge in [-0.05, 0) is 79.2 Å². The van der Waals surface area contributed by atoms with Crippen LogP contribution in [-0.2, 0) is 24.4 Å². The van der Waals surface area contributed by atoms with Crippen LogP contribution in [-0.4, -0.2) is 45.9 Å². The van der Waals surface area contributed by atoms with Crippen LogP contribution in [0.5, 0.6) is 11.5 Å². The number of urea groups is 1. The topological polar surface area (TPSA) is 145 Å². The minimum Gasteiger partial charge on any atom is -0.490 e. The van der Waals surface area contributed by atoms with Crippen molar-refractivity contribution in [2.75, 3.05) is 18.6 Å². The van der Waals surface area contributed by atoms with Gasteiger partial charge in [0.1, 0.15) is 10.5 Å². The smallest absolute Gasteiger partial charge is 0.339 e. The summed E-state index contributed by atoms with van der Waals surface area (Å²) >= 11 is 12.2. The Kier molecular flexibility index (Phi) is 8.66. The number of hydrogen-bond donors (Lipinski definition) is 1. The zero-order valence-electron chi connectivity index (χ0n) is 21.3. The van der Waals surface area contributed by atoms with Gasteiger partial charge < -0.3 is 13.7 Å². The van der Waals surface area contributed by atoms with E-state index in [4.69, 9.17) is 32.1 Å². The third-order valence-corrected chi connectivity index (χ3v) is 7.35.